The standard InChI is InChI=1S/C29H38N5O9P/c30-24(35)18-22(26(31)37)33-28(39)29(15-5-2-6-16-29)34-27(38)23(32-25(36)14-11-19-7-3-1-4-8-19)17-20-9-12-21(13-10-20)43-44(40,41)42/h1,3-4,7-10,12-13,22-23H,2,5-6,11,14-18H2,(H2,30,35)(H2,31,37)(H,32,36)(H,33,39)(H,34,38)(H2,40,41,42)/t22-,23-/m0/s1. The van der Waals surface area contributed by atoms with Crippen LogP contribution in [0.3, 0.4) is 0 Å². The van der Waals surface area contributed by atoms with E-state index in [0.29, 0.717) is 24.8 Å². The van der Waals surface area contributed by atoms with Gasteiger partial charge in [0, 0.05) is 12.8 Å². The summed E-state index contributed by atoms with van der Waals surface area (Å²) in [7, 11) is -4.77. The molecule has 1 aliphatic carbocycles. The van der Waals surface area contributed by atoms with Crippen LogP contribution >= 0.6 is 7.82 Å². The molecule has 2 aromatic rings. The molecule has 15 heteroatoms. The molecule has 2 atom stereocenters. The van der Waals surface area contributed by atoms with Gasteiger partial charge in [-0.1, -0.05) is 61.7 Å². The average Bonchev–Trinajstić information content (AvgIpc) is 2.96. The monoisotopic (exact) mass is 631 g/mol. The number of nitrogens with one attached hydrogen (secondary N) is 3. The molecule has 238 valence electrons. The summed E-state index contributed by atoms with van der Waals surface area (Å²) in [6.45, 7) is 0. The molecular weight excluding hydrogens is 593 g/mol. The number of nitrogens with two attached hydrogens (primary N) is 2. The molecule has 1 saturated carbocycles. The highest BCUT2D eigenvalue weighted by Crippen LogP contribution is 2.37. The second kappa shape index (κ2) is 15.5. The van der Waals surface area contributed by atoms with Crippen LogP contribution in [0.1, 0.15) is 56.1 Å². The van der Waals surface area contributed by atoms with E-state index in [0.717, 1.165) is 12.0 Å². The first kappa shape index (κ1) is 34.2. The molecule has 0 bridgehead atoms. The molecule has 44 heavy (non-hydrogen) atoms. The van der Waals surface area contributed by atoms with Gasteiger partial charge in [0.25, 0.3) is 0 Å². The third-order valence-corrected chi connectivity index (χ3v) is 7.73. The SMILES string of the molecule is NC(=O)C[C@H](NC(=O)C1(NC(=O)[C@H](Cc2ccc(OP(=O)(O)O)cc2)NC(=O)CCc2ccccc2)CCCCC1)C(N)=O. The molecule has 0 heterocycles. The zero-order valence-corrected chi connectivity index (χ0v) is 25.0. The number of aryl methyl sites for hydroxylation is 1. The lowest BCUT2D eigenvalue weighted by Gasteiger charge is -2.38. The molecule has 1 aliphatic rings. The van der Waals surface area contributed by atoms with E-state index in [9.17, 15) is 28.5 Å². The quantitative estimate of drug-likeness (QED) is 0.135. The number of phosphoric ester groups is 1. The van der Waals surface area contributed by atoms with Gasteiger partial charge in [-0.3, -0.25) is 33.8 Å². The van der Waals surface area contributed by atoms with Crippen molar-refractivity contribution >= 4 is 37.4 Å². The average molecular weight is 632 g/mol. The number of amides is 5. The summed E-state index contributed by atoms with van der Waals surface area (Å²) in [5.74, 6) is -3.64. The zero-order chi connectivity index (χ0) is 32.3. The molecule has 0 saturated heterocycles. The summed E-state index contributed by atoms with van der Waals surface area (Å²) in [5, 5.41) is 8.02. The maximum Gasteiger partial charge on any atom is 0.524 e. The van der Waals surface area contributed by atoms with Crippen molar-refractivity contribution < 1.29 is 42.8 Å². The van der Waals surface area contributed by atoms with Crippen LogP contribution in [0.25, 0.3) is 0 Å². The lowest BCUT2D eigenvalue weighted by atomic mass is 9.80. The fraction of sp³-hybridized carbons (Fsp3) is 0.414. The van der Waals surface area contributed by atoms with Crippen LogP contribution in [0, 0.1) is 0 Å². The summed E-state index contributed by atoms with van der Waals surface area (Å²) >= 11 is 0. The summed E-state index contributed by atoms with van der Waals surface area (Å²) in [6.07, 6.45) is 2.48. The molecule has 14 nitrogen and oxygen atoms in total. The molecule has 0 spiro atoms. The first-order chi connectivity index (χ1) is 20.8. The van der Waals surface area contributed by atoms with E-state index >= 15 is 0 Å². The Bertz CT molecular complexity index is 1380. The maximum absolute atomic E-state index is 13.8. The van der Waals surface area contributed by atoms with E-state index in [1.54, 1.807) is 0 Å². The topological polar surface area (TPSA) is 240 Å². The van der Waals surface area contributed by atoms with Crippen LogP contribution in [-0.4, -0.2) is 56.9 Å². The Labute approximate surface area is 254 Å². The normalized spacial score (nSPS) is 15.7. The van der Waals surface area contributed by atoms with Crippen molar-refractivity contribution in [3.8, 4) is 5.75 Å². The number of phosphoric acid groups is 1. The van der Waals surface area contributed by atoms with Crippen molar-refractivity contribution in [3.05, 3.63) is 65.7 Å². The van der Waals surface area contributed by atoms with E-state index in [1.807, 2.05) is 30.3 Å². The third-order valence-electron chi connectivity index (χ3n) is 7.28. The highest BCUT2D eigenvalue weighted by atomic mass is 31.2. The van der Waals surface area contributed by atoms with Gasteiger partial charge in [0.1, 0.15) is 23.4 Å². The van der Waals surface area contributed by atoms with Crippen molar-refractivity contribution in [2.24, 2.45) is 11.5 Å². The van der Waals surface area contributed by atoms with Crippen molar-refractivity contribution in [2.45, 2.75) is 75.4 Å². The van der Waals surface area contributed by atoms with Crippen molar-refractivity contribution in [1.29, 1.82) is 0 Å². The predicted octanol–water partition coefficient (Wildman–Crippen LogP) is 0.483. The van der Waals surface area contributed by atoms with Gasteiger partial charge in [-0.2, -0.15) is 0 Å². The third kappa shape index (κ3) is 10.8. The molecule has 1 fully saturated rings. The van der Waals surface area contributed by atoms with Gasteiger partial charge in [-0.25, -0.2) is 4.57 Å². The largest absolute Gasteiger partial charge is 0.524 e. The van der Waals surface area contributed by atoms with Crippen molar-refractivity contribution in [2.75, 3.05) is 0 Å². The Kier molecular flexibility index (Phi) is 12.0. The smallest absolute Gasteiger partial charge is 0.404 e. The van der Waals surface area contributed by atoms with Gasteiger partial charge in [0.15, 0.2) is 0 Å². The van der Waals surface area contributed by atoms with Gasteiger partial charge < -0.3 is 31.9 Å². The minimum Gasteiger partial charge on any atom is -0.404 e. The van der Waals surface area contributed by atoms with Crippen LogP contribution in [0.2, 0.25) is 0 Å². The molecule has 0 radical (unpaired) electrons. The molecule has 0 unspecified atom stereocenters. The molecule has 5 amide bonds. The predicted molar refractivity (Wildman–Crippen MR) is 158 cm³/mol. The lowest BCUT2D eigenvalue weighted by Crippen LogP contribution is -2.65. The Hall–Kier alpha value is -4.26. The van der Waals surface area contributed by atoms with Crippen LogP contribution in [0.5, 0.6) is 5.75 Å². The number of benzene rings is 2. The summed E-state index contributed by atoms with van der Waals surface area (Å²) in [6, 6.07) is 12.4. The zero-order valence-electron chi connectivity index (χ0n) is 24.1. The maximum atomic E-state index is 13.8. The van der Waals surface area contributed by atoms with Crippen molar-refractivity contribution in [3.63, 3.8) is 0 Å². The van der Waals surface area contributed by atoms with Crippen LogP contribution in [0.15, 0.2) is 54.6 Å². The fourth-order valence-corrected chi connectivity index (χ4v) is 5.44. The molecule has 3 rings (SSSR count). The highest BCUT2D eigenvalue weighted by molar-refractivity contribution is 7.46. The number of carbonyl (C=O) groups is 5. The minimum absolute atomic E-state index is 0.0254. The number of carbonyl (C=O) groups excluding carboxylic acids is 5. The van der Waals surface area contributed by atoms with E-state index in [-0.39, 0.29) is 31.4 Å². The van der Waals surface area contributed by atoms with E-state index in [4.69, 9.17) is 21.3 Å². The van der Waals surface area contributed by atoms with Gasteiger partial charge in [-0.15, -0.1) is 0 Å². The summed E-state index contributed by atoms with van der Waals surface area (Å²) in [5.41, 5.74) is 10.6. The summed E-state index contributed by atoms with van der Waals surface area (Å²) < 4.78 is 15.7. The highest BCUT2D eigenvalue weighted by Gasteiger charge is 2.43. The summed E-state index contributed by atoms with van der Waals surface area (Å²) in [4.78, 5) is 81.7. The van der Waals surface area contributed by atoms with Gasteiger partial charge in [-0.05, 0) is 42.5 Å². The number of primary amides is 2. The molecule has 0 aliphatic heterocycles. The number of hydrogen-bond donors (Lipinski definition) is 7. The van der Waals surface area contributed by atoms with Crippen LogP contribution in [-0.2, 0) is 41.4 Å². The minimum atomic E-state index is -4.77. The molecule has 2 aromatic carbocycles. The Morgan fingerprint density at radius 3 is 2.07 bits per heavy atom. The lowest BCUT2D eigenvalue weighted by molar-refractivity contribution is -0.138. The van der Waals surface area contributed by atoms with Gasteiger partial charge >= 0.3 is 7.82 Å². The first-order valence-electron chi connectivity index (χ1n) is 14.1. The second-order valence-electron chi connectivity index (χ2n) is 10.8. The van der Waals surface area contributed by atoms with Gasteiger partial charge in [0.05, 0.1) is 6.42 Å². The van der Waals surface area contributed by atoms with Crippen LogP contribution < -0.4 is 31.9 Å². The molecule has 0 aromatic heterocycles. The van der Waals surface area contributed by atoms with E-state index in [1.165, 1.54) is 24.3 Å². The molecule has 9 N–H and O–H groups in total. The van der Waals surface area contributed by atoms with Gasteiger partial charge in [0.2, 0.25) is 29.5 Å². The molecular formula is C29H38N5O9P. The number of hydrogen-bond acceptors (Lipinski definition) is 7. The number of rotatable bonds is 15. The van der Waals surface area contributed by atoms with E-state index in [2.05, 4.69) is 20.5 Å². The van der Waals surface area contributed by atoms with Crippen molar-refractivity contribution in [1.82, 2.24) is 16.0 Å². The van der Waals surface area contributed by atoms with Crippen LogP contribution in [0.4, 0.5) is 0 Å². The Morgan fingerprint density at radius 2 is 1.50 bits per heavy atom. The Balaban J connectivity index is 1.82. The Morgan fingerprint density at radius 1 is 0.864 bits per heavy atom. The fourth-order valence-electron chi connectivity index (χ4n) is 5.05. The second-order valence-corrected chi connectivity index (χ2v) is 11.9. The van der Waals surface area contributed by atoms with E-state index < -0.39 is 61.4 Å². The first-order valence-corrected chi connectivity index (χ1v) is 15.7.